The van der Waals surface area contributed by atoms with E-state index in [0.717, 1.165) is 11.0 Å². The van der Waals surface area contributed by atoms with Gasteiger partial charge in [0.05, 0.1) is 17.2 Å². The van der Waals surface area contributed by atoms with E-state index in [0.29, 0.717) is 12.8 Å². The van der Waals surface area contributed by atoms with Crippen LogP contribution in [0.25, 0.3) is 0 Å². The molecule has 1 aromatic rings. The second-order valence-corrected chi connectivity index (χ2v) is 7.91. The highest BCUT2D eigenvalue weighted by Crippen LogP contribution is 2.47. The van der Waals surface area contributed by atoms with Gasteiger partial charge in [0.15, 0.2) is 0 Å². The zero-order valence-corrected chi connectivity index (χ0v) is 15.2. The predicted molar refractivity (Wildman–Crippen MR) is 89.3 cm³/mol. The summed E-state index contributed by atoms with van der Waals surface area (Å²) in [5.74, 6) is -2.13. The van der Waals surface area contributed by atoms with E-state index in [9.17, 15) is 31.1 Å². The van der Waals surface area contributed by atoms with Crippen LogP contribution in [0.5, 0.6) is 0 Å². The van der Waals surface area contributed by atoms with E-state index in [1.165, 1.54) is 12.3 Å². The summed E-state index contributed by atoms with van der Waals surface area (Å²) < 4.78 is 79.7. The van der Waals surface area contributed by atoms with Crippen molar-refractivity contribution < 1.29 is 31.1 Å². The Kier molecular flexibility index (Phi) is 5.01. The third kappa shape index (κ3) is 3.81. The van der Waals surface area contributed by atoms with Gasteiger partial charge in [0.25, 0.3) is 0 Å². The molecule has 29 heavy (non-hydrogen) atoms. The number of fused-ring (bicyclic) bond motifs is 3. The van der Waals surface area contributed by atoms with Crippen LogP contribution in [-0.4, -0.2) is 47.1 Å². The molecule has 1 aliphatic carbocycles. The van der Waals surface area contributed by atoms with Gasteiger partial charge in [-0.1, -0.05) is 0 Å². The van der Waals surface area contributed by atoms with Crippen LogP contribution in [0.4, 0.5) is 26.3 Å². The molecule has 3 heterocycles. The van der Waals surface area contributed by atoms with Gasteiger partial charge in [-0.25, -0.2) is 0 Å². The SMILES string of the molecule is O=C1C2CNNC2C2CCC(c3ncccc3C(F)(F)F)CC2N1CC(F)(F)F. The maximum absolute atomic E-state index is 13.4. The van der Waals surface area contributed by atoms with E-state index >= 15 is 0 Å². The van der Waals surface area contributed by atoms with Crippen LogP contribution in [0, 0.1) is 11.8 Å². The van der Waals surface area contributed by atoms with Crippen LogP contribution in [0.15, 0.2) is 18.3 Å². The summed E-state index contributed by atoms with van der Waals surface area (Å²) in [5.41, 5.74) is 4.81. The maximum atomic E-state index is 13.4. The summed E-state index contributed by atoms with van der Waals surface area (Å²) in [4.78, 5) is 17.5. The Morgan fingerprint density at radius 1 is 1.17 bits per heavy atom. The topological polar surface area (TPSA) is 57.3 Å². The second-order valence-electron chi connectivity index (χ2n) is 7.91. The van der Waals surface area contributed by atoms with Crippen molar-refractivity contribution in [1.29, 1.82) is 0 Å². The van der Waals surface area contributed by atoms with Gasteiger partial charge < -0.3 is 4.90 Å². The zero-order chi connectivity index (χ0) is 21.0. The van der Waals surface area contributed by atoms with Crippen molar-refractivity contribution in [2.45, 2.75) is 49.6 Å². The number of nitrogens with one attached hydrogen (secondary N) is 2. The molecule has 4 rings (SSSR count). The molecule has 5 atom stereocenters. The van der Waals surface area contributed by atoms with E-state index in [-0.39, 0.29) is 30.6 Å². The summed E-state index contributed by atoms with van der Waals surface area (Å²) in [6, 6.07) is 1.02. The van der Waals surface area contributed by atoms with Gasteiger partial charge in [0, 0.05) is 30.7 Å². The number of hydrogen-bond donors (Lipinski definition) is 2. The number of piperidine rings is 1. The van der Waals surface area contributed by atoms with Crippen molar-refractivity contribution in [2.24, 2.45) is 11.8 Å². The quantitative estimate of drug-likeness (QED) is 0.720. The first-order valence-corrected chi connectivity index (χ1v) is 9.44. The van der Waals surface area contributed by atoms with Gasteiger partial charge in [0.2, 0.25) is 5.91 Å². The molecular weight excluding hydrogens is 402 g/mol. The van der Waals surface area contributed by atoms with E-state index in [1.807, 2.05) is 0 Å². The third-order valence-corrected chi connectivity index (χ3v) is 6.24. The lowest BCUT2D eigenvalue weighted by Crippen LogP contribution is -2.63. The Morgan fingerprint density at radius 2 is 1.93 bits per heavy atom. The van der Waals surface area contributed by atoms with Gasteiger partial charge in [-0.15, -0.1) is 0 Å². The van der Waals surface area contributed by atoms with Gasteiger partial charge in [-0.2, -0.15) is 26.3 Å². The van der Waals surface area contributed by atoms with Crippen molar-refractivity contribution in [2.75, 3.05) is 13.1 Å². The largest absolute Gasteiger partial charge is 0.418 e. The molecule has 5 unspecified atom stereocenters. The summed E-state index contributed by atoms with van der Waals surface area (Å²) in [6.45, 7) is -1.15. The molecule has 5 nitrogen and oxygen atoms in total. The van der Waals surface area contributed by atoms with Crippen LogP contribution < -0.4 is 10.9 Å². The Hall–Kier alpha value is -1.88. The number of hydrogen-bond acceptors (Lipinski definition) is 4. The van der Waals surface area contributed by atoms with Crippen molar-refractivity contribution >= 4 is 5.91 Å². The van der Waals surface area contributed by atoms with Gasteiger partial charge in [0.1, 0.15) is 6.54 Å². The lowest BCUT2D eigenvalue weighted by Gasteiger charge is -2.50. The van der Waals surface area contributed by atoms with Crippen molar-refractivity contribution in [1.82, 2.24) is 20.7 Å². The first kappa shape index (κ1) is 20.4. The number of rotatable bonds is 2. The summed E-state index contributed by atoms with van der Waals surface area (Å²) in [5, 5.41) is 0. The summed E-state index contributed by atoms with van der Waals surface area (Å²) >= 11 is 0. The molecule has 2 N–H and O–H groups in total. The molecule has 0 aromatic carbocycles. The molecule has 0 radical (unpaired) electrons. The molecule has 2 saturated heterocycles. The minimum Gasteiger partial charge on any atom is -0.330 e. The van der Waals surface area contributed by atoms with Crippen molar-refractivity contribution in [3.63, 3.8) is 0 Å². The van der Waals surface area contributed by atoms with Crippen molar-refractivity contribution in [3.8, 4) is 0 Å². The number of amides is 1. The van der Waals surface area contributed by atoms with Gasteiger partial charge in [-0.05, 0) is 37.3 Å². The first-order chi connectivity index (χ1) is 13.6. The van der Waals surface area contributed by atoms with Crippen LogP contribution in [0.2, 0.25) is 0 Å². The monoisotopic (exact) mass is 422 g/mol. The first-order valence-electron chi connectivity index (χ1n) is 9.44. The van der Waals surface area contributed by atoms with E-state index in [2.05, 4.69) is 15.8 Å². The summed E-state index contributed by atoms with van der Waals surface area (Å²) in [7, 11) is 0. The zero-order valence-electron chi connectivity index (χ0n) is 15.2. The number of pyridine rings is 1. The fourth-order valence-corrected chi connectivity index (χ4v) is 5.10. The van der Waals surface area contributed by atoms with Crippen LogP contribution in [0.1, 0.15) is 36.4 Å². The molecule has 1 amide bonds. The smallest absolute Gasteiger partial charge is 0.330 e. The molecule has 2 aliphatic heterocycles. The minimum absolute atomic E-state index is 0.0253. The Bertz CT molecular complexity index is 782. The molecule has 1 aromatic heterocycles. The second kappa shape index (κ2) is 7.12. The fraction of sp³-hybridized carbons (Fsp3) is 0.667. The number of alkyl halides is 6. The van der Waals surface area contributed by atoms with E-state index < -0.39 is 48.2 Å². The average molecular weight is 422 g/mol. The number of aromatic nitrogens is 1. The van der Waals surface area contributed by atoms with Crippen molar-refractivity contribution in [3.05, 3.63) is 29.6 Å². The molecule has 0 bridgehead atoms. The van der Waals surface area contributed by atoms with Crippen LogP contribution in [0.3, 0.4) is 0 Å². The lowest BCUT2D eigenvalue weighted by molar-refractivity contribution is -0.178. The maximum Gasteiger partial charge on any atom is 0.418 e. The standard InChI is InChI=1S/C18H20F6N4O/c19-17(20,21)8-28-13-6-9(14-12(18(22,23)24)2-1-5-25-14)3-4-10(13)15-11(16(28)29)7-26-27-15/h1-2,5,9-11,13,15,26-27H,3-4,6-8H2. The molecule has 11 heteroatoms. The number of hydrazine groups is 1. The predicted octanol–water partition coefficient (Wildman–Crippen LogP) is 2.85. The van der Waals surface area contributed by atoms with Gasteiger partial charge in [-0.3, -0.25) is 20.6 Å². The number of halogens is 6. The highest BCUT2D eigenvalue weighted by molar-refractivity contribution is 5.82. The molecule has 3 aliphatic rings. The molecular formula is C18H20F6N4O. The number of nitrogens with zero attached hydrogens (tertiary/aromatic N) is 2. The van der Waals surface area contributed by atoms with E-state index in [1.54, 1.807) is 0 Å². The lowest BCUT2D eigenvalue weighted by atomic mass is 9.68. The average Bonchev–Trinajstić information content (AvgIpc) is 3.13. The Balaban J connectivity index is 1.66. The highest BCUT2D eigenvalue weighted by Gasteiger charge is 2.54. The molecule has 3 fully saturated rings. The Labute approximate surface area is 162 Å². The fourth-order valence-electron chi connectivity index (χ4n) is 5.10. The Morgan fingerprint density at radius 3 is 2.62 bits per heavy atom. The molecule has 1 saturated carbocycles. The number of carbonyl (C=O) groups is 1. The highest BCUT2D eigenvalue weighted by atomic mass is 19.4. The number of likely N-dealkylation sites (tertiary alicyclic amines) is 1. The minimum atomic E-state index is -4.60. The molecule has 160 valence electrons. The molecule has 0 spiro atoms. The summed E-state index contributed by atoms with van der Waals surface area (Å²) in [6.07, 6.45) is -7.11. The third-order valence-electron chi connectivity index (χ3n) is 6.24. The van der Waals surface area contributed by atoms with Gasteiger partial charge >= 0.3 is 12.4 Å². The number of carbonyl (C=O) groups excluding carboxylic acids is 1. The van der Waals surface area contributed by atoms with Crippen LogP contribution in [-0.2, 0) is 11.0 Å². The van der Waals surface area contributed by atoms with Crippen LogP contribution >= 0.6 is 0 Å². The van der Waals surface area contributed by atoms with E-state index in [4.69, 9.17) is 0 Å². The normalized spacial score (nSPS) is 32.8.